The summed E-state index contributed by atoms with van der Waals surface area (Å²) in [6.07, 6.45) is 6.01. The maximum Gasteiger partial charge on any atom is 0.328 e. The van der Waals surface area contributed by atoms with Gasteiger partial charge in [-0.25, -0.2) is 4.79 Å². The van der Waals surface area contributed by atoms with Crippen LogP contribution in [-0.4, -0.2) is 17.0 Å². The number of rotatable bonds is 4. The van der Waals surface area contributed by atoms with Crippen molar-refractivity contribution in [1.82, 2.24) is 0 Å². The molecule has 2 unspecified atom stereocenters. The lowest BCUT2D eigenvalue weighted by Crippen LogP contribution is -2.21. The summed E-state index contributed by atoms with van der Waals surface area (Å²) in [5, 5.41) is 11.7. The summed E-state index contributed by atoms with van der Waals surface area (Å²) in [4.78, 5) is 22.8. The summed E-state index contributed by atoms with van der Waals surface area (Å²) in [7, 11) is 0. The summed E-state index contributed by atoms with van der Waals surface area (Å²) in [5.74, 6) is 0.835. The molecule has 0 heterocycles. The van der Waals surface area contributed by atoms with Crippen molar-refractivity contribution in [1.29, 1.82) is 0 Å². The molecule has 0 saturated heterocycles. The van der Waals surface area contributed by atoms with Crippen molar-refractivity contribution in [3.05, 3.63) is 35.4 Å². The molecular formula is C17H19NO3. The van der Waals surface area contributed by atoms with Crippen LogP contribution in [0.5, 0.6) is 0 Å². The number of benzene rings is 1. The number of carboxylic acid groups (broad SMARTS) is 1. The van der Waals surface area contributed by atoms with Crippen molar-refractivity contribution < 1.29 is 14.7 Å². The molecule has 0 aromatic heterocycles. The van der Waals surface area contributed by atoms with Crippen molar-refractivity contribution in [3.63, 3.8) is 0 Å². The summed E-state index contributed by atoms with van der Waals surface area (Å²) in [5.41, 5.74) is 2.52. The van der Waals surface area contributed by atoms with Gasteiger partial charge >= 0.3 is 5.97 Å². The van der Waals surface area contributed by atoms with Gasteiger partial charge in [0.1, 0.15) is 0 Å². The fourth-order valence-corrected chi connectivity index (χ4v) is 3.23. The van der Waals surface area contributed by atoms with Crippen LogP contribution in [0, 0.1) is 24.7 Å². The summed E-state index contributed by atoms with van der Waals surface area (Å²) >= 11 is 0. The SMILES string of the molecule is Cc1ccc(NC(=O)C2CC3CC3C2)cc1/C=C/C(=O)O. The number of nitrogens with one attached hydrogen (secondary N) is 1. The molecule has 4 heteroatoms. The van der Waals surface area contributed by atoms with Gasteiger partial charge < -0.3 is 10.4 Å². The van der Waals surface area contributed by atoms with Crippen molar-refractivity contribution >= 4 is 23.6 Å². The predicted molar refractivity (Wildman–Crippen MR) is 80.8 cm³/mol. The van der Waals surface area contributed by atoms with Gasteiger partial charge in [0.15, 0.2) is 0 Å². The Hall–Kier alpha value is -2.10. The Kier molecular flexibility index (Phi) is 3.53. The Bertz CT molecular complexity index is 610. The highest BCUT2D eigenvalue weighted by atomic mass is 16.4. The van der Waals surface area contributed by atoms with Crippen LogP contribution >= 0.6 is 0 Å². The van der Waals surface area contributed by atoms with E-state index in [2.05, 4.69) is 5.32 Å². The molecule has 4 nitrogen and oxygen atoms in total. The number of aliphatic carboxylic acids is 1. The second-order valence-corrected chi connectivity index (χ2v) is 6.16. The zero-order chi connectivity index (χ0) is 15.0. The second-order valence-electron chi connectivity index (χ2n) is 6.16. The fraction of sp³-hybridized carbons (Fsp3) is 0.412. The monoisotopic (exact) mass is 285 g/mol. The number of carbonyl (C=O) groups is 2. The normalized spacial score (nSPS) is 26.6. The van der Waals surface area contributed by atoms with Crippen LogP contribution < -0.4 is 5.32 Å². The number of fused-ring (bicyclic) bond motifs is 1. The molecule has 1 aromatic rings. The number of hydrogen-bond acceptors (Lipinski definition) is 2. The number of carboxylic acids is 1. The van der Waals surface area contributed by atoms with Gasteiger partial charge in [-0.15, -0.1) is 0 Å². The standard InChI is InChI=1S/C17H19NO3/c1-10-2-4-15(9-11(10)3-5-16(19)20)18-17(21)14-7-12-6-13(12)8-14/h2-5,9,12-14H,6-8H2,1H3,(H,18,21)(H,19,20)/b5-3+. The average molecular weight is 285 g/mol. The van der Waals surface area contributed by atoms with E-state index in [1.54, 1.807) is 6.08 Å². The van der Waals surface area contributed by atoms with E-state index in [-0.39, 0.29) is 11.8 Å². The van der Waals surface area contributed by atoms with Crippen LogP contribution in [-0.2, 0) is 9.59 Å². The number of carbonyl (C=O) groups excluding carboxylic acids is 1. The minimum Gasteiger partial charge on any atom is -0.478 e. The van der Waals surface area contributed by atoms with Gasteiger partial charge in [-0.3, -0.25) is 4.79 Å². The lowest BCUT2D eigenvalue weighted by Gasteiger charge is -2.13. The van der Waals surface area contributed by atoms with Gasteiger partial charge in [0.2, 0.25) is 5.91 Å². The number of aryl methyl sites for hydroxylation is 1. The first kappa shape index (κ1) is 13.9. The topological polar surface area (TPSA) is 66.4 Å². The molecule has 3 rings (SSSR count). The molecule has 1 aromatic carbocycles. The lowest BCUT2D eigenvalue weighted by molar-refractivity contribution is -0.131. The third-order valence-corrected chi connectivity index (χ3v) is 4.57. The van der Waals surface area contributed by atoms with Crippen LogP contribution in [0.3, 0.4) is 0 Å². The summed E-state index contributed by atoms with van der Waals surface area (Å²) < 4.78 is 0. The highest BCUT2D eigenvalue weighted by Gasteiger charge is 2.47. The number of amides is 1. The molecule has 2 atom stereocenters. The van der Waals surface area contributed by atoms with Crippen LogP contribution in [0.2, 0.25) is 0 Å². The molecule has 21 heavy (non-hydrogen) atoms. The second kappa shape index (κ2) is 5.35. The third kappa shape index (κ3) is 3.15. The van der Waals surface area contributed by atoms with Gasteiger partial charge in [0.25, 0.3) is 0 Å². The van der Waals surface area contributed by atoms with E-state index in [4.69, 9.17) is 5.11 Å². The largest absolute Gasteiger partial charge is 0.478 e. The fourth-order valence-electron chi connectivity index (χ4n) is 3.23. The van der Waals surface area contributed by atoms with E-state index in [0.29, 0.717) is 0 Å². The van der Waals surface area contributed by atoms with Crippen LogP contribution in [0.15, 0.2) is 24.3 Å². The molecule has 0 spiro atoms. The molecule has 2 N–H and O–H groups in total. The maximum atomic E-state index is 12.2. The molecular weight excluding hydrogens is 266 g/mol. The van der Waals surface area contributed by atoms with Gasteiger partial charge in [0.05, 0.1) is 0 Å². The molecule has 2 saturated carbocycles. The Labute approximate surface area is 123 Å². The molecule has 0 bridgehead atoms. The van der Waals surface area contributed by atoms with Crippen molar-refractivity contribution in [2.75, 3.05) is 5.32 Å². The van der Waals surface area contributed by atoms with E-state index in [0.717, 1.165) is 47.6 Å². The van der Waals surface area contributed by atoms with Crippen molar-refractivity contribution in [2.24, 2.45) is 17.8 Å². The molecule has 2 aliphatic rings. The number of hydrogen-bond donors (Lipinski definition) is 2. The van der Waals surface area contributed by atoms with Crippen molar-refractivity contribution in [3.8, 4) is 0 Å². The average Bonchev–Trinajstić information content (AvgIpc) is 3.05. The van der Waals surface area contributed by atoms with Crippen molar-refractivity contribution in [2.45, 2.75) is 26.2 Å². The smallest absolute Gasteiger partial charge is 0.328 e. The quantitative estimate of drug-likeness (QED) is 0.835. The van der Waals surface area contributed by atoms with Gasteiger partial charge in [0, 0.05) is 17.7 Å². The van der Waals surface area contributed by atoms with Gasteiger partial charge in [-0.2, -0.15) is 0 Å². The van der Waals surface area contributed by atoms with Gasteiger partial charge in [-0.1, -0.05) is 6.07 Å². The van der Waals surface area contributed by atoms with E-state index >= 15 is 0 Å². The van der Waals surface area contributed by atoms with Crippen LogP contribution in [0.25, 0.3) is 6.08 Å². The first-order valence-electron chi connectivity index (χ1n) is 7.35. The highest BCUT2D eigenvalue weighted by molar-refractivity contribution is 5.93. The first-order chi connectivity index (χ1) is 10.0. The van der Waals surface area contributed by atoms with Crippen LogP contribution in [0.4, 0.5) is 5.69 Å². The van der Waals surface area contributed by atoms with E-state index in [1.165, 1.54) is 6.42 Å². The van der Waals surface area contributed by atoms with Gasteiger partial charge in [-0.05, 0) is 67.4 Å². The lowest BCUT2D eigenvalue weighted by atomic mass is 10.0. The molecule has 0 aliphatic heterocycles. The Morgan fingerprint density at radius 1 is 1.24 bits per heavy atom. The first-order valence-corrected chi connectivity index (χ1v) is 7.35. The maximum absolute atomic E-state index is 12.2. The Morgan fingerprint density at radius 3 is 2.62 bits per heavy atom. The third-order valence-electron chi connectivity index (χ3n) is 4.57. The Morgan fingerprint density at radius 2 is 1.95 bits per heavy atom. The summed E-state index contributed by atoms with van der Waals surface area (Å²) in [6.45, 7) is 1.91. The molecule has 0 radical (unpaired) electrons. The molecule has 2 aliphatic carbocycles. The zero-order valence-corrected chi connectivity index (χ0v) is 12.0. The molecule has 1 amide bonds. The van der Waals surface area contributed by atoms with E-state index < -0.39 is 5.97 Å². The van der Waals surface area contributed by atoms with Crippen LogP contribution in [0.1, 0.15) is 30.4 Å². The minimum absolute atomic E-state index is 0.0965. The molecule has 2 fully saturated rings. The van der Waals surface area contributed by atoms with E-state index in [9.17, 15) is 9.59 Å². The zero-order valence-electron chi connectivity index (χ0n) is 12.0. The summed E-state index contributed by atoms with van der Waals surface area (Å²) in [6, 6.07) is 5.58. The Balaban J connectivity index is 1.68. The number of anilines is 1. The molecule has 110 valence electrons. The highest BCUT2D eigenvalue weighted by Crippen LogP contribution is 2.54. The van der Waals surface area contributed by atoms with E-state index in [1.807, 2.05) is 25.1 Å². The minimum atomic E-state index is -0.978. The predicted octanol–water partition coefficient (Wildman–Crippen LogP) is 3.08.